The maximum Gasteiger partial charge on any atom is 0.321 e. The molecule has 0 saturated heterocycles. The summed E-state index contributed by atoms with van der Waals surface area (Å²) in [5.74, 6) is -1.17. The van der Waals surface area contributed by atoms with E-state index in [1.807, 2.05) is 19.1 Å². The van der Waals surface area contributed by atoms with Crippen molar-refractivity contribution in [3.8, 4) is 0 Å². The molecule has 0 radical (unpaired) electrons. The summed E-state index contributed by atoms with van der Waals surface area (Å²) in [5.41, 5.74) is 2.41. The first-order valence-electron chi connectivity index (χ1n) is 9.31. The van der Waals surface area contributed by atoms with Crippen LogP contribution in [-0.2, 0) is 25.0 Å². The Morgan fingerprint density at radius 1 is 1.00 bits per heavy atom. The third kappa shape index (κ3) is 6.24. The maximum absolute atomic E-state index is 12.5. The lowest BCUT2D eigenvalue weighted by Gasteiger charge is -2.19. The Morgan fingerprint density at radius 3 is 2.07 bits per heavy atom. The van der Waals surface area contributed by atoms with Gasteiger partial charge in [-0.3, -0.25) is 9.59 Å². The second kappa shape index (κ2) is 8.88. The highest BCUT2D eigenvalue weighted by molar-refractivity contribution is 7.89. The molecular formula is C22H27NO5S. The summed E-state index contributed by atoms with van der Waals surface area (Å²) in [7, 11) is -3.83. The molecule has 0 amide bonds. The summed E-state index contributed by atoms with van der Waals surface area (Å²) >= 11 is 0. The number of ketones is 1. The molecule has 0 bridgehead atoms. The molecule has 0 aliphatic heterocycles. The number of hydrogen-bond donors (Lipinski definition) is 1. The lowest BCUT2D eigenvalue weighted by Crippen LogP contribution is -2.34. The van der Waals surface area contributed by atoms with E-state index in [0.29, 0.717) is 5.56 Å². The molecule has 0 saturated carbocycles. The number of hydrogen-bond acceptors (Lipinski definition) is 5. The van der Waals surface area contributed by atoms with Gasteiger partial charge in [0.2, 0.25) is 15.8 Å². The van der Waals surface area contributed by atoms with E-state index >= 15 is 0 Å². The van der Waals surface area contributed by atoms with Gasteiger partial charge in [0.1, 0.15) is 6.54 Å². The first kappa shape index (κ1) is 22.8. The number of nitrogens with one attached hydrogen (secondary N) is 1. The van der Waals surface area contributed by atoms with Crippen molar-refractivity contribution in [2.45, 2.75) is 51.0 Å². The normalized spacial score (nSPS) is 13.0. The van der Waals surface area contributed by atoms with Gasteiger partial charge in [0, 0.05) is 5.56 Å². The molecule has 2 aromatic rings. The van der Waals surface area contributed by atoms with Crippen molar-refractivity contribution in [1.29, 1.82) is 0 Å². The van der Waals surface area contributed by atoms with Crippen LogP contribution in [0.1, 0.15) is 49.2 Å². The van der Waals surface area contributed by atoms with Crippen LogP contribution < -0.4 is 4.72 Å². The molecule has 0 heterocycles. The second-order valence-corrected chi connectivity index (χ2v) is 9.73. The van der Waals surface area contributed by atoms with Crippen LogP contribution >= 0.6 is 0 Å². The monoisotopic (exact) mass is 417 g/mol. The van der Waals surface area contributed by atoms with Crippen molar-refractivity contribution in [1.82, 2.24) is 4.72 Å². The van der Waals surface area contributed by atoms with Gasteiger partial charge in [-0.25, -0.2) is 8.42 Å². The fraction of sp³-hybridized carbons (Fsp3) is 0.364. The molecule has 0 spiro atoms. The van der Waals surface area contributed by atoms with E-state index in [4.69, 9.17) is 4.74 Å². The Balaban J connectivity index is 1.94. The average molecular weight is 418 g/mol. The van der Waals surface area contributed by atoms with Gasteiger partial charge in [0.05, 0.1) is 4.90 Å². The highest BCUT2D eigenvalue weighted by Gasteiger charge is 2.22. The fourth-order valence-electron chi connectivity index (χ4n) is 2.62. The Labute approximate surface area is 172 Å². The molecule has 0 aliphatic rings. The molecule has 0 aliphatic carbocycles. The van der Waals surface area contributed by atoms with Crippen LogP contribution in [0.15, 0.2) is 53.4 Å². The van der Waals surface area contributed by atoms with E-state index in [-0.39, 0.29) is 16.1 Å². The number of Topliss-reactive ketones (excluding diaryl/α,β-unsaturated/α-hetero) is 1. The SMILES string of the molecule is Cc1ccc(S(=O)(=O)NCC(=O)O[C@@H](C)C(=O)c2ccc(C(C)(C)C)cc2)cc1. The lowest BCUT2D eigenvalue weighted by molar-refractivity contribution is -0.144. The van der Waals surface area contributed by atoms with Crippen molar-refractivity contribution in [2.75, 3.05) is 6.54 Å². The van der Waals surface area contributed by atoms with E-state index in [1.165, 1.54) is 19.1 Å². The third-order valence-corrected chi connectivity index (χ3v) is 5.87. The maximum atomic E-state index is 12.5. The minimum atomic E-state index is -3.83. The zero-order chi connectivity index (χ0) is 21.8. The zero-order valence-corrected chi connectivity index (χ0v) is 18.2. The van der Waals surface area contributed by atoms with Gasteiger partial charge in [0.15, 0.2) is 6.10 Å². The Kier molecular flexibility index (Phi) is 6.97. The summed E-state index contributed by atoms with van der Waals surface area (Å²) in [6.07, 6.45) is -1.02. The van der Waals surface area contributed by atoms with Gasteiger partial charge in [-0.1, -0.05) is 62.7 Å². The molecule has 7 heteroatoms. The van der Waals surface area contributed by atoms with Gasteiger partial charge < -0.3 is 4.74 Å². The van der Waals surface area contributed by atoms with Crippen molar-refractivity contribution < 1.29 is 22.7 Å². The Hall–Kier alpha value is -2.51. The lowest BCUT2D eigenvalue weighted by atomic mass is 9.86. The average Bonchev–Trinajstić information content (AvgIpc) is 2.65. The quantitative estimate of drug-likeness (QED) is 0.551. The van der Waals surface area contributed by atoms with E-state index in [0.717, 1.165) is 11.1 Å². The number of sulfonamides is 1. The summed E-state index contributed by atoms with van der Waals surface area (Å²) in [6, 6.07) is 13.4. The van der Waals surface area contributed by atoms with Gasteiger partial charge in [-0.05, 0) is 37.0 Å². The van der Waals surface area contributed by atoms with Crippen LogP contribution in [0.3, 0.4) is 0 Å². The zero-order valence-electron chi connectivity index (χ0n) is 17.4. The number of carbonyl (C=O) groups excluding carboxylic acids is 2. The molecule has 0 aromatic heterocycles. The smallest absolute Gasteiger partial charge is 0.321 e. The molecule has 156 valence electrons. The molecule has 2 rings (SSSR count). The number of benzene rings is 2. The molecular weight excluding hydrogens is 390 g/mol. The topological polar surface area (TPSA) is 89.5 Å². The molecule has 2 aromatic carbocycles. The Bertz CT molecular complexity index is 971. The van der Waals surface area contributed by atoms with Crippen LogP contribution in [0.4, 0.5) is 0 Å². The van der Waals surface area contributed by atoms with Crippen molar-refractivity contribution in [3.63, 3.8) is 0 Å². The number of rotatable bonds is 7. The van der Waals surface area contributed by atoms with Gasteiger partial charge in [-0.2, -0.15) is 4.72 Å². The summed E-state index contributed by atoms with van der Waals surface area (Å²) < 4.78 is 31.7. The van der Waals surface area contributed by atoms with Crippen LogP contribution in [0.5, 0.6) is 0 Å². The standard InChI is InChI=1S/C22H27NO5S/c1-15-6-12-19(13-7-15)29(26,27)23-14-20(24)28-16(2)21(25)17-8-10-18(11-9-17)22(3,4)5/h6-13,16,23H,14H2,1-5H3/t16-/m0/s1. The van der Waals surface area contributed by atoms with Crippen molar-refractivity contribution in [2.24, 2.45) is 0 Å². The largest absolute Gasteiger partial charge is 0.453 e. The molecule has 1 N–H and O–H groups in total. The van der Waals surface area contributed by atoms with E-state index < -0.39 is 28.6 Å². The first-order chi connectivity index (χ1) is 13.4. The second-order valence-electron chi connectivity index (χ2n) is 7.96. The molecule has 6 nitrogen and oxygen atoms in total. The minimum Gasteiger partial charge on any atom is -0.453 e. The number of aryl methyl sites for hydroxylation is 1. The third-order valence-electron chi connectivity index (χ3n) is 4.45. The Morgan fingerprint density at radius 2 is 1.55 bits per heavy atom. The summed E-state index contributed by atoms with van der Waals surface area (Å²) in [4.78, 5) is 24.5. The summed E-state index contributed by atoms with van der Waals surface area (Å²) in [6.45, 7) is 8.98. The van der Waals surface area contributed by atoms with Gasteiger partial charge >= 0.3 is 5.97 Å². The molecule has 1 atom stereocenters. The van der Waals surface area contributed by atoms with Crippen LogP contribution in [0.2, 0.25) is 0 Å². The molecule has 0 fully saturated rings. The van der Waals surface area contributed by atoms with E-state index in [9.17, 15) is 18.0 Å². The van der Waals surface area contributed by atoms with Crippen LogP contribution in [0, 0.1) is 6.92 Å². The highest BCUT2D eigenvalue weighted by atomic mass is 32.2. The predicted molar refractivity (Wildman–Crippen MR) is 111 cm³/mol. The first-order valence-corrected chi connectivity index (χ1v) is 10.8. The van der Waals surface area contributed by atoms with Crippen LogP contribution in [-0.4, -0.2) is 32.8 Å². The van der Waals surface area contributed by atoms with E-state index in [2.05, 4.69) is 25.5 Å². The molecule has 0 unspecified atom stereocenters. The fourth-order valence-corrected chi connectivity index (χ4v) is 3.59. The number of ether oxygens (including phenoxy) is 1. The highest BCUT2D eigenvalue weighted by Crippen LogP contribution is 2.22. The van der Waals surface area contributed by atoms with E-state index in [1.54, 1.807) is 24.3 Å². The predicted octanol–water partition coefficient (Wildman–Crippen LogP) is 3.39. The number of esters is 1. The van der Waals surface area contributed by atoms with Crippen LogP contribution in [0.25, 0.3) is 0 Å². The number of carbonyl (C=O) groups is 2. The van der Waals surface area contributed by atoms with Crippen molar-refractivity contribution >= 4 is 21.8 Å². The van der Waals surface area contributed by atoms with Gasteiger partial charge in [0.25, 0.3) is 0 Å². The summed E-state index contributed by atoms with van der Waals surface area (Å²) in [5, 5.41) is 0. The minimum absolute atomic E-state index is 0.0335. The van der Waals surface area contributed by atoms with Crippen molar-refractivity contribution in [3.05, 3.63) is 65.2 Å². The van der Waals surface area contributed by atoms with Gasteiger partial charge in [-0.15, -0.1) is 0 Å². The molecule has 29 heavy (non-hydrogen) atoms.